The first kappa shape index (κ1) is 16.7. The van der Waals surface area contributed by atoms with Gasteiger partial charge >= 0.3 is 0 Å². The number of anilines is 2. The summed E-state index contributed by atoms with van der Waals surface area (Å²) in [4.78, 5) is 7.47. The van der Waals surface area contributed by atoms with Gasteiger partial charge in [-0.05, 0) is 36.8 Å². The highest BCUT2D eigenvalue weighted by Crippen LogP contribution is 2.38. The highest BCUT2D eigenvalue weighted by atomic mass is 16.5. The monoisotopic (exact) mass is 354 g/mol. The van der Waals surface area contributed by atoms with Gasteiger partial charge in [-0.2, -0.15) is 5.26 Å². The Bertz CT molecular complexity index is 1170. The third kappa shape index (κ3) is 2.87. The number of para-hydroxylation sites is 1. The van der Waals surface area contributed by atoms with Crippen molar-refractivity contribution in [3.8, 4) is 22.9 Å². The summed E-state index contributed by atoms with van der Waals surface area (Å²) in [5.41, 5.74) is 6.04. The topological polar surface area (TPSA) is 73.7 Å². The van der Waals surface area contributed by atoms with Gasteiger partial charge in [0.2, 0.25) is 0 Å². The number of fused-ring (bicyclic) bond motifs is 1. The number of hydrogen-bond donors (Lipinski definition) is 2. The van der Waals surface area contributed by atoms with Crippen molar-refractivity contribution in [1.29, 1.82) is 5.26 Å². The number of nitrogens with one attached hydrogen (secondary N) is 2. The molecule has 2 aromatic heterocycles. The minimum absolute atomic E-state index is 0.479. The summed E-state index contributed by atoms with van der Waals surface area (Å²) in [5, 5.41) is 14.2. The molecule has 0 atom stereocenters. The molecule has 0 radical (unpaired) electrons. The molecule has 0 unspecified atom stereocenters. The number of H-pyrrole nitrogens is 1. The number of benzene rings is 2. The van der Waals surface area contributed by atoms with Crippen LogP contribution in [0.25, 0.3) is 22.0 Å². The second-order valence-electron chi connectivity index (χ2n) is 6.22. The number of aromatic nitrogens is 2. The number of aromatic amines is 1. The Balaban J connectivity index is 1.89. The zero-order chi connectivity index (χ0) is 18.8. The predicted molar refractivity (Wildman–Crippen MR) is 107 cm³/mol. The lowest BCUT2D eigenvalue weighted by atomic mass is 10.0. The largest absolute Gasteiger partial charge is 0.496 e. The molecule has 132 valence electrons. The third-order valence-electron chi connectivity index (χ3n) is 4.73. The zero-order valence-corrected chi connectivity index (χ0v) is 15.1. The van der Waals surface area contributed by atoms with Crippen molar-refractivity contribution in [3.05, 3.63) is 72.2 Å². The summed E-state index contributed by atoms with van der Waals surface area (Å²) >= 11 is 0. The van der Waals surface area contributed by atoms with Gasteiger partial charge in [-0.1, -0.05) is 18.2 Å². The quantitative estimate of drug-likeness (QED) is 0.531. The first-order valence-electron chi connectivity index (χ1n) is 8.58. The molecule has 2 aromatic carbocycles. The lowest BCUT2D eigenvalue weighted by Crippen LogP contribution is -2.00. The van der Waals surface area contributed by atoms with E-state index in [4.69, 9.17) is 4.74 Å². The Kier molecular flexibility index (Phi) is 4.23. The van der Waals surface area contributed by atoms with Crippen LogP contribution in [0.3, 0.4) is 0 Å². The minimum atomic E-state index is 0.479. The molecule has 0 amide bonds. The van der Waals surface area contributed by atoms with E-state index in [-0.39, 0.29) is 0 Å². The molecule has 0 aliphatic rings. The van der Waals surface area contributed by atoms with Gasteiger partial charge in [-0.3, -0.25) is 4.98 Å². The van der Waals surface area contributed by atoms with Crippen molar-refractivity contribution in [2.24, 2.45) is 0 Å². The van der Waals surface area contributed by atoms with Crippen LogP contribution in [0, 0.1) is 18.3 Å². The summed E-state index contributed by atoms with van der Waals surface area (Å²) in [6.45, 7) is 2.06. The van der Waals surface area contributed by atoms with E-state index in [1.54, 1.807) is 19.5 Å². The van der Waals surface area contributed by atoms with E-state index in [1.165, 1.54) is 0 Å². The van der Waals surface area contributed by atoms with Crippen molar-refractivity contribution in [2.45, 2.75) is 6.92 Å². The van der Waals surface area contributed by atoms with Crippen LogP contribution in [-0.2, 0) is 0 Å². The fourth-order valence-electron chi connectivity index (χ4n) is 3.31. The highest BCUT2D eigenvalue weighted by Gasteiger charge is 2.16. The van der Waals surface area contributed by atoms with E-state index in [2.05, 4.69) is 34.3 Å². The number of nitriles is 1. The number of nitrogens with zero attached hydrogens (tertiary/aromatic N) is 2. The standard InChI is InChI=1S/C22H18N4O/c1-14-16-9-10-25-20(16)8-7-19(14)26-22-15(11-23)12-24-13-18(22)17-5-3-4-6-21(17)27-2/h3-10,12-13,25H,1-2H3,(H,24,26). The van der Waals surface area contributed by atoms with Crippen molar-refractivity contribution < 1.29 is 4.74 Å². The van der Waals surface area contributed by atoms with Crippen LogP contribution in [0.5, 0.6) is 5.75 Å². The van der Waals surface area contributed by atoms with Crippen LogP contribution in [0.1, 0.15) is 11.1 Å². The van der Waals surface area contributed by atoms with E-state index in [0.29, 0.717) is 5.56 Å². The molecule has 0 spiro atoms. The van der Waals surface area contributed by atoms with Crippen LogP contribution >= 0.6 is 0 Å². The Morgan fingerprint density at radius 3 is 2.74 bits per heavy atom. The van der Waals surface area contributed by atoms with Crippen molar-refractivity contribution in [3.63, 3.8) is 0 Å². The van der Waals surface area contributed by atoms with Gasteiger partial charge in [0, 0.05) is 46.3 Å². The molecule has 0 saturated heterocycles. The molecule has 0 aliphatic carbocycles. The van der Waals surface area contributed by atoms with Gasteiger partial charge < -0.3 is 15.0 Å². The maximum Gasteiger partial charge on any atom is 0.126 e. The van der Waals surface area contributed by atoms with Crippen LogP contribution in [0.2, 0.25) is 0 Å². The fourth-order valence-corrected chi connectivity index (χ4v) is 3.31. The smallest absolute Gasteiger partial charge is 0.126 e. The average molecular weight is 354 g/mol. The van der Waals surface area contributed by atoms with E-state index < -0.39 is 0 Å². The van der Waals surface area contributed by atoms with Gasteiger partial charge in [0.25, 0.3) is 0 Å². The van der Waals surface area contributed by atoms with Gasteiger partial charge in [-0.25, -0.2) is 0 Å². The van der Waals surface area contributed by atoms with Crippen molar-refractivity contribution in [2.75, 3.05) is 12.4 Å². The predicted octanol–water partition coefficient (Wildman–Crippen LogP) is 5.16. The maximum atomic E-state index is 9.64. The second kappa shape index (κ2) is 6.85. The van der Waals surface area contributed by atoms with E-state index in [9.17, 15) is 5.26 Å². The number of ether oxygens (including phenoxy) is 1. The molecule has 2 N–H and O–H groups in total. The molecule has 4 aromatic rings. The summed E-state index contributed by atoms with van der Waals surface area (Å²) in [5.74, 6) is 0.732. The minimum Gasteiger partial charge on any atom is -0.496 e. The van der Waals surface area contributed by atoms with Gasteiger partial charge in [-0.15, -0.1) is 0 Å². The summed E-state index contributed by atoms with van der Waals surface area (Å²) in [6, 6.07) is 16.1. The highest BCUT2D eigenvalue weighted by molar-refractivity contribution is 5.92. The molecule has 0 bridgehead atoms. The normalized spacial score (nSPS) is 10.6. The molecule has 5 nitrogen and oxygen atoms in total. The number of rotatable bonds is 4. The zero-order valence-electron chi connectivity index (χ0n) is 15.1. The van der Waals surface area contributed by atoms with Crippen molar-refractivity contribution >= 4 is 22.3 Å². The number of hydrogen-bond acceptors (Lipinski definition) is 4. The van der Waals surface area contributed by atoms with Gasteiger partial charge in [0.05, 0.1) is 18.4 Å². The molecule has 0 fully saturated rings. The lowest BCUT2D eigenvalue weighted by Gasteiger charge is -2.17. The molecular formula is C22H18N4O. The molecule has 27 heavy (non-hydrogen) atoms. The number of methoxy groups -OCH3 is 1. The molecule has 4 rings (SSSR count). The SMILES string of the molecule is COc1ccccc1-c1cncc(C#N)c1Nc1ccc2[nH]ccc2c1C. The van der Waals surface area contributed by atoms with Gasteiger partial charge in [0.1, 0.15) is 11.8 Å². The molecule has 5 heteroatoms. The van der Waals surface area contributed by atoms with Crippen LogP contribution in [0.15, 0.2) is 61.1 Å². The van der Waals surface area contributed by atoms with E-state index in [1.807, 2.05) is 42.6 Å². The van der Waals surface area contributed by atoms with Gasteiger partial charge in [0.15, 0.2) is 0 Å². The molecular weight excluding hydrogens is 336 g/mol. The summed E-state index contributed by atoms with van der Waals surface area (Å²) in [6.07, 6.45) is 5.26. The summed E-state index contributed by atoms with van der Waals surface area (Å²) < 4.78 is 5.51. The lowest BCUT2D eigenvalue weighted by molar-refractivity contribution is 0.416. The molecule has 2 heterocycles. The fraction of sp³-hybridized carbons (Fsp3) is 0.0909. The third-order valence-corrected chi connectivity index (χ3v) is 4.73. The Morgan fingerprint density at radius 2 is 1.93 bits per heavy atom. The van der Waals surface area contributed by atoms with Crippen LogP contribution in [0.4, 0.5) is 11.4 Å². The van der Waals surface area contributed by atoms with E-state index in [0.717, 1.165) is 44.7 Å². The maximum absolute atomic E-state index is 9.64. The van der Waals surface area contributed by atoms with Crippen LogP contribution in [-0.4, -0.2) is 17.1 Å². The van der Waals surface area contributed by atoms with E-state index >= 15 is 0 Å². The Labute approximate surface area is 157 Å². The Hall–Kier alpha value is -3.78. The number of pyridine rings is 1. The molecule has 0 aliphatic heterocycles. The first-order valence-corrected chi connectivity index (χ1v) is 8.58. The Morgan fingerprint density at radius 1 is 1.07 bits per heavy atom. The second-order valence-corrected chi connectivity index (χ2v) is 6.22. The summed E-state index contributed by atoms with van der Waals surface area (Å²) in [7, 11) is 1.64. The average Bonchev–Trinajstić information content (AvgIpc) is 3.20. The van der Waals surface area contributed by atoms with Crippen molar-refractivity contribution in [1.82, 2.24) is 9.97 Å². The first-order chi connectivity index (χ1) is 13.2. The number of aryl methyl sites for hydroxylation is 1. The van der Waals surface area contributed by atoms with Crippen LogP contribution < -0.4 is 10.1 Å². The molecule has 0 saturated carbocycles.